The Morgan fingerprint density at radius 2 is 1.83 bits per heavy atom. The molecule has 0 spiro atoms. The van der Waals surface area contributed by atoms with Crippen LogP contribution in [0.15, 0.2) is 54.6 Å². The monoisotopic (exact) mass is 322 g/mol. The molecule has 3 rings (SSSR count). The van der Waals surface area contributed by atoms with Gasteiger partial charge >= 0.3 is 0 Å². The van der Waals surface area contributed by atoms with Crippen LogP contribution >= 0.6 is 11.8 Å². The fourth-order valence-electron chi connectivity index (χ4n) is 2.78. The first kappa shape index (κ1) is 15.6. The van der Waals surface area contributed by atoms with E-state index in [9.17, 15) is 4.79 Å². The zero-order chi connectivity index (χ0) is 16.1. The molecule has 2 aromatic carbocycles. The summed E-state index contributed by atoms with van der Waals surface area (Å²) in [6.45, 7) is 1.54. The number of nitriles is 1. The molecule has 0 radical (unpaired) electrons. The van der Waals surface area contributed by atoms with Gasteiger partial charge in [-0.1, -0.05) is 30.3 Å². The van der Waals surface area contributed by atoms with Gasteiger partial charge in [-0.05, 0) is 36.2 Å². The molecular formula is C19H18N2OS. The van der Waals surface area contributed by atoms with Crippen molar-refractivity contribution < 1.29 is 4.79 Å². The van der Waals surface area contributed by atoms with Crippen molar-refractivity contribution in [1.82, 2.24) is 4.90 Å². The Kier molecular flexibility index (Phi) is 4.99. The Labute approximate surface area is 140 Å². The zero-order valence-electron chi connectivity index (χ0n) is 12.8. The first-order valence-corrected chi connectivity index (χ1v) is 8.79. The Morgan fingerprint density at radius 1 is 1.09 bits per heavy atom. The van der Waals surface area contributed by atoms with Crippen LogP contribution in [-0.4, -0.2) is 29.6 Å². The van der Waals surface area contributed by atoms with Crippen molar-refractivity contribution in [2.45, 2.75) is 11.7 Å². The van der Waals surface area contributed by atoms with E-state index in [0.29, 0.717) is 16.4 Å². The fraction of sp³-hybridized carbons (Fsp3) is 0.263. The zero-order valence-corrected chi connectivity index (χ0v) is 13.6. The summed E-state index contributed by atoms with van der Waals surface area (Å²) >= 11 is 1.92. The molecule has 0 saturated carbocycles. The van der Waals surface area contributed by atoms with Crippen LogP contribution in [0.1, 0.15) is 33.2 Å². The third-order valence-electron chi connectivity index (χ3n) is 4.06. The van der Waals surface area contributed by atoms with Crippen molar-refractivity contribution in [1.29, 1.82) is 5.26 Å². The maximum absolute atomic E-state index is 12.6. The van der Waals surface area contributed by atoms with Gasteiger partial charge in [0.15, 0.2) is 0 Å². The summed E-state index contributed by atoms with van der Waals surface area (Å²) in [6.07, 6.45) is 0.969. The number of rotatable bonds is 2. The number of thioether (sulfide) groups is 1. The third-order valence-corrected chi connectivity index (χ3v) is 5.39. The molecule has 0 bridgehead atoms. The van der Waals surface area contributed by atoms with Gasteiger partial charge in [0, 0.05) is 29.7 Å². The van der Waals surface area contributed by atoms with Gasteiger partial charge in [0.25, 0.3) is 5.91 Å². The number of amides is 1. The highest BCUT2D eigenvalue weighted by molar-refractivity contribution is 7.99. The molecule has 1 atom stereocenters. The van der Waals surface area contributed by atoms with E-state index in [1.807, 2.05) is 22.7 Å². The molecule has 2 aromatic rings. The summed E-state index contributed by atoms with van der Waals surface area (Å²) in [5.41, 5.74) is 2.58. The standard InChI is InChI=1S/C19H18N2OS/c20-14-15-6-8-17(9-7-15)19(22)21-11-10-18(23-13-12-21)16-4-2-1-3-5-16/h1-9,18H,10-13H2. The highest BCUT2D eigenvalue weighted by Crippen LogP contribution is 2.34. The van der Waals surface area contributed by atoms with Gasteiger partial charge in [-0.15, -0.1) is 0 Å². The molecule has 0 N–H and O–H groups in total. The highest BCUT2D eigenvalue weighted by atomic mass is 32.2. The van der Waals surface area contributed by atoms with Gasteiger partial charge < -0.3 is 4.90 Å². The van der Waals surface area contributed by atoms with Crippen molar-refractivity contribution >= 4 is 17.7 Å². The number of carbonyl (C=O) groups is 1. The lowest BCUT2D eigenvalue weighted by Gasteiger charge is -2.20. The quantitative estimate of drug-likeness (QED) is 0.843. The second kappa shape index (κ2) is 7.34. The lowest BCUT2D eigenvalue weighted by molar-refractivity contribution is 0.0766. The van der Waals surface area contributed by atoms with Crippen LogP contribution in [0.4, 0.5) is 0 Å². The molecule has 1 unspecified atom stereocenters. The predicted molar refractivity (Wildman–Crippen MR) is 93.3 cm³/mol. The molecule has 3 nitrogen and oxygen atoms in total. The summed E-state index contributed by atoms with van der Waals surface area (Å²) in [5, 5.41) is 9.30. The van der Waals surface area contributed by atoms with Crippen molar-refractivity contribution in [3.8, 4) is 6.07 Å². The molecule has 116 valence electrons. The first-order valence-electron chi connectivity index (χ1n) is 7.74. The van der Waals surface area contributed by atoms with E-state index in [1.165, 1.54) is 5.56 Å². The normalized spacial score (nSPS) is 18.0. The second-order valence-corrected chi connectivity index (χ2v) is 6.85. The molecule has 1 heterocycles. The largest absolute Gasteiger partial charge is 0.338 e. The van der Waals surface area contributed by atoms with Gasteiger partial charge in [-0.2, -0.15) is 17.0 Å². The minimum atomic E-state index is 0.0591. The molecule has 0 aromatic heterocycles. The van der Waals surface area contributed by atoms with Crippen molar-refractivity contribution in [2.24, 2.45) is 0 Å². The molecule has 0 aliphatic carbocycles. The van der Waals surface area contributed by atoms with Crippen LogP contribution in [0.5, 0.6) is 0 Å². The topological polar surface area (TPSA) is 44.1 Å². The van der Waals surface area contributed by atoms with Crippen LogP contribution in [0.2, 0.25) is 0 Å². The van der Waals surface area contributed by atoms with Crippen LogP contribution in [-0.2, 0) is 0 Å². The van der Waals surface area contributed by atoms with E-state index in [0.717, 1.165) is 25.3 Å². The van der Waals surface area contributed by atoms with E-state index in [-0.39, 0.29) is 5.91 Å². The average molecular weight is 322 g/mol. The Bertz CT molecular complexity index is 706. The van der Waals surface area contributed by atoms with Crippen LogP contribution in [0.3, 0.4) is 0 Å². The number of hydrogen-bond acceptors (Lipinski definition) is 3. The van der Waals surface area contributed by atoms with E-state index < -0.39 is 0 Å². The van der Waals surface area contributed by atoms with Crippen molar-refractivity contribution in [3.05, 3.63) is 71.3 Å². The molecule has 1 aliphatic heterocycles. The highest BCUT2D eigenvalue weighted by Gasteiger charge is 2.22. The van der Waals surface area contributed by atoms with E-state index in [1.54, 1.807) is 24.3 Å². The van der Waals surface area contributed by atoms with E-state index in [2.05, 4.69) is 30.3 Å². The molecule has 1 aliphatic rings. The van der Waals surface area contributed by atoms with Crippen molar-refractivity contribution in [2.75, 3.05) is 18.8 Å². The molecule has 23 heavy (non-hydrogen) atoms. The Hall–Kier alpha value is -2.25. The smallest absolute Gasteiger partial charge is 0.253 e. The fourth-order valence-corrected chi connectivity index (χ4v) is 4.01. The van der Waals surface area contributed by atoms with Gasteiger partial charge in [0.2, 0.25) is 0 Å². The SMILES string of the molecule is N#Cc1ccc(C(=O)N2CCSC(c3ccccc3)CC2)cc1. The molecule has 1 fully saturated rings. The summed E-state index contributed by atoms with van der Waals surface area (Å²) in [7, 11) is 0. The molecular weight excluding hydrogens is 304 g/mol. The molecule has 1 saturated heterocycles. The lowest BCUT2D eigenvalue weighted by Crippen LogP contribution is -2.32. The number of benzene rings is 2. The first-order chi connectivity index (χ1) is 11.3. The Morgan fingerprint density at radius 3 is 2.52 bits per heavy atom. The Balaban J connectivity index is 1.67. The van der Waals surface area contributed by atoms with Gasteiger partial charge in [0.1, 0.15) is 0 Å². The maximum atomic E-state index is 12.6. The van der Waals surface area contributed by atoms with E-state index >= 15 is 0 Å². The van der Waals surface area contributed by atoms with E-state index in [4.69, 9.17) is 5.26 Å². The van der Waals surface area contributed by atoms with Gasteiger partial charge in [-0.25, -0.2) is 0 Å². The van der Waals surface area contributed by atoms with Crippen LogP contribution < -0.4 is 0 Å². The van der Waals surface area contributed by atoms with Crippen LogP contribution in [0, 0.1) is 11.3 Å². The number of hydrogen-bond donors (Lipinski definition) is 0. The molecule has 1 amide bonds. The average Bonchev–Trinajstić information content (AvgIpc) is 2.88. The van der Waals surface area contributed by atoms with Gasteiger partial charge in [0.05, 0.1) is 11.6 Å². The number of carbonyl (C=O) groups excluding carboxylic acids is 1. The maximum Gasteiger partial charge on any atom is 0.253 e. The summed E-state index contributed by atoms with van der Waals surface area (Å²) in [5.74, 6) is 1.01. The lowest BCUT2D eigenvalue weighted by atomic mass is 10.1. The van der Waals surface area contributed by atoms with Crippen molar-refractivity contribution in [3.63, 3.8) is 0 Å². The third kappa shape index (κ3) is 3.75. The summed E-state index contributed by atoms with van der Waals surface area (Å²) < 4.78 is 0. The predicted octanol–water partition coefficient (Wildman–Crippen LogP) is 3.88. The molecule has 4 heteroatoms. The van der Waals surface area contributed by atoms with Crippen LogP contribution in [0.25, 0.3) is 0 Å². The minimum Gasteiger partial charge on any atom is -0.338 e. The number of nitrogens with zero attached hydrogens (tertiary/aromatic N) is 2. The van der Waals surface area contributed by atoms with Gasteiger partial charge in [-0.3, -0.25) is 4.79 Å². The second-order valence-electron chi connectivity index (χ2n) is 5.54. The summed E-state index contributed by atoms with van der Waals surface area (Å²) in [4.78, 5) is 14.6. The minimum absolute atomic E-state index is 0.0591. The summed E-state index contributed by atoms with van der Waals surface area (Å²) in [6, 6.07) is 19.5.